The summed E-state index contributed by atoms with van der Waals surface area (Å²) in [6, 6.07) is -9.30. The van der Waals surface area contributed by atoms with Gasteiger partial charge in [0.25, 0.3) is 0 Å². The minimum Gasteiger partial charge on any atom is -0.389 e. The Morgan fingerprint density at radius 1 is 0.337 bits per heavy atom. The molecule has 20 unspecified atom stereocenters. The lowest BCUT2D eigenvalue weighted by atomic mass is 9.84. The normalized spacial score (nSPS) is 49.1. The number of nitrogens with two attached hydrogens (primary N) is 12. The zero-order valence-electron chi connectivity index (χ0n) is 51.5. The molecule has 0 spiro atoms. The highest BCUT2D eigenvalue weighted by Crippen LogP contribution is 2.38. The van der Waals surface area contributed by atoms with Crippen LogP contribution in [-0.4, -0.2) is 350 Å². The van der Waals surface area contributed by atoms with Gasteiger partial charge in [0.05, 0.1) is 75.1 Å². The van der Waals surface area contributed by atoms with E-state index < -0.39 is 233 Å². The Kier molecular flexibility index (Phi) is 24.9. The largest absolute Gasteiger partial charge is 0.389 e. The molecule has 10 rings (SSSR count). The minimum absolute atomic E-state index is 0.00310. The van der Waals surface area contributed by atoms with Gasteiger partial charge in [-0.2, -0.15) is 0 Å². The Labute approximate surface area is 542 Å². The highest BCUT2D eigenvalue weighted by atomic mass is 16.8. The highest BCUT2D eigenvalue weighted by molar-refractivity contribution is 5.06. The molecule has 38 atom stereocenters. The molecule has 43 nitrogen and oxygen atoms in total. The van der Waals surface area contributed by atoms with Gasteiger partial charge in [-0.3, -0.25) is 0 Å². The molecule has 95 heavy (non-hydrogen) atoms. The standard InChI is InChI=1S/C52H96N18O25/c53-3-19-31(73)35(77)25(61)47(84-19)90-41-17(59)1-15(57)29(71)45(41)94-51-39(81)43(92-49-27(63)37(79)33(75)21(5-55)86-49)23(88-51)9-69-7-13(65-67-69)11-83-12-14-8-70(68-66-14)10-24-44(93-50-28(64)38(80)34(76)22(6-56)87-50)40(82)52(89-24)95-46-30(72)16(58)2-18(60)42(46)91-48-26(62)36(78)32(74)20(4-54)85-48/h7-8,15-52,71-82H,1-6,9-12,53-64H2/t15-,16-,17?,18?,19?,20?,21+,22+,23-,24-,25?,26?,27?,28?,29?,30?,31?,32?,33?,34?,35-,36-,37?,38?,39+,40?,41?,42?,43?,44+,45-,46-,47-,48+,49-,50-,51+,52+/m1/s1. The summed E-state index contributed by atoms with van der Waals surface area (Å²) in [5.74, 6) is 0. The van der Waals surface area contributed by atoms with Gasteiger partial charge in [-0.1, -0.05) is 10.4 Å². The van der Waals surface area contributed by atoms with Crippen LogP contribution in [0.25, 0.3) is 0 Å². The van der Waals surface area contributed by atoms with Gasteiger partial charge in [-0.15, -0.1) is 10.2 Å². The molecule has 0 amide bonds. The fourth-order valence-electron chi connectivity index (χ4n) is 13.1. The van der Waals surface area contributed by atoms with Crippen molar-refractivity contribution in [2.24, 2.45) is 68.8 Å². The summed E-state index contributed by atoms with van der Waals surface area (Å²) in [6.45, 7) is -1.77. The molecule has 6 saturated heterocycles. The third-order valence-electron chi connectivity index (χ3n) is 18.8. The summed E-state index contributed by atoms with van der Waals surface area (Å²) in [6.07, 6.45) is -40.2. The molecule has 36 N–H and O–H groups in total. The van der Waals surface area contributed by atoms with E-state index in [2.05, 4.69) is 20.6 Å². The first-order valence-electron chi connectivity index (χ1n) is 31.4. The SMILES string of the molecule is NCC1O[C@H](OC2C(N)C[C@@H](N)C(O)[C@H]2O[C@@H]2O[C@H](Cn3cc(COCc4cn(C[C@H]5O[C@@H](O[C@H]6C(O[C@@H]7OC(CN)C(O)[C@H](O)C7N)C(N)C[C@@H](N)C6O)C(O)[C@H]5O[C@H]5O[C@@H](CN)C(O)C(O)C5N)nn4)nn3)C(O[C@H]3O[C@@H](CN)C(O)C(O)C3N)[C@@H]2O)C(N)[C@@H](O)C1O. The van der Waals surface area contributed by atoms with Crippen molar-refractivity contribution < 1.29 is 123 Å². The van der Waals surface area contributed by atoms with Crippen LogP contribution in [0.5, 0.6) is 0 Å². The molecular formula is C52H96N18O25. The van der Waals surface area contributed by atoms with Crippen LogP contribution in [0.15, 0.2) is 12.4 Å². The summed E-state index contributed by atoms with van der Waals surface area (Å²) in [5.41, 5.74) is 74.5. The lowest BCUT2D eigenvalue weighted by molar-refractivity contribution is -0.306. The second kappa shape index (κ2) is 31.8. The number of nitrogens with zero attached hydrogens (tertiary/aromatic N) is 6. The average Bonchev–Trinajstić information content (AvgIpc) is 1.72. The van der Waals surface area contributed by atoms with Crippen LogP contribution < -0.4 is 68.8 Å². The van der Waals surface area contributed by atoms with Gasteiger partial charge in [0.15, 0.2) is 37.7 Å². The minimum atomic E-state index is -1.74. The van der Waals surface area contributed by atoms with Gasteiger partial charge in [0, 0.05) is 50.3 Å². The maximum absolute atomic E-state index is 12.0. The number of hydrogen-bond donors (Lipinski definition) is 24. The van der Waals surface area contributed by atoms with E-state index >= 15 is 0 Å². The van der Waals surface area contributed by atoms with Crippen LogP contribution in [0.3, 0.4) is 0 Å². The van der Waals surface area contributed by atoms with E-state index in [1.807, 2.05) is 0 Å². The predicted octanol–water partition coefficient (Wildman–Crippen LogP) is -17.2. The van der Waals surface area contributed by atoms with E-state index in [1.54, 1.807) is 0 Å². The van der Waals surface area contributed by atoms with Gasteiger partial charge < -0.3 is 192 Å². The number of aliphatic hydroxyl groups is 12. The first-order valence-corrected chi connectivity index (χ1v) is 31.4. The maximum atomic E-state index is 12.0. The summed E-state index contributed by atoms with van der Waals surface area (Å²) in [4.78, 5) is 0. The van der Waals surface area contributed by atoms with Crippen molar-refractivity contribution in [3.8, 4) is 0 Å². The molecule has 6 aliphatic heterocycles. The van der Waals surface area contributed by atoms with Crippen LogP contribution in [-0.2, 0) is 87.9 Å². The molecular weight excluding hydrogens is 1280 g/mol. The van der Waals surface area contributed by atoms with Crippen LogP contribution in [0.4, 0.5) is 0 Å². The Balaban J connectivity index is 0.812. The van der Waals surface area contributed by atoms with E-state index in [1.165, 1.54) is 21.8 Å². The molecule has 43 heteroatoms. The van der Waals surface area contributed by atoms with Gasteiger partial charge >= 0.3 is 0 Å². The zero-order chi connectivity index (χ0) is 68.8. The van der Waals surface area contributed by atoms with Crippen molar-refractivity contribution in [2.75, 3.05) is 26.2 Å². The molecule has 8 fully saturated rings. The lowest BCUT2D eigenvalue weighted by Crippen LogP contribution is -2.68. The van der Waals surface area contributed by atoms with E-state index in [0.29, 0.717) is 0 Å². The molecule has 0 aromatic carbocycles. The fraction of sp³-hybridized carbons (Fsp3) is 0.923. The molecule has 0 bridgehead atoms. The van der Waals surface area contributed by atoms with E-state index in [0.717, 1.165) is 0 Å². The number of aliphatic hydroxyl groups excluding tert-OH is 12. The fourth-order valence-corrected chi connectivity index (χ4v) is 13.1. The smallest absolute Gasteiger partial charge is 0.187 e. The van der Waals surface area contributed by atoms with E-state index in [4.69, 9.17) is 130 Å². The summed E-state index contributed by atoms with van der Waals surface area (Å²) in [7, 11) is 0. The number of ether oxygens (including phenoxy) is 13. The topological polar surface area (TPSA) is 736 Å². The van der Waals surface area contributed by atoms with Gasteiger partial charge in [-0.25, -0.2) is 9.36 Å². The Hall–Kier alpha value is -3.20. The molecule has 2 aromatic rings. The van der Waals surface area contributed by atoms with Crippen molar-refractivity contribution in [1.29, 1.82) is 0 Å². The third-order valence-corrected chi connectivity index (χ3v) is 18.8. The Morgan fingerprint density at radius 3 is 0.905 bits per heavy atom. The van der Waals surface area contributed by atoms with Crippen LogP contribution in [0.1, 0.15) is 24.2 Å². The van der Waals surface area contributed by atoms with Crippen molar-refractivity contribution in [3.63, 3.8) is 0 Å². The molecule has 2 aliphatic carbocycles. The molecule has 8 heterocycles. The lowest BCUT2D eigenvalue weighted by Gasteiger charge is -2.47. The Bertz CT molecular complexity index is 2540. The molecule has 544 valence electrons. The average molecular weight is 1370 g/mol. The molecule has 0 radical (unpaired) electrons. The van der Waals surface area contributed by atoms with E-state index in [9.17, 15) is 61.3 Å². The van der Waals surface area contributed by atoms with Crippen molar-refractivity contribution >= 4 is 0 Å². The van der Waals surface area contributed by atoms with Crippen molar-refractivity contribution in [3.05, 3.63) is 23.8 Å². The second-order valence-electron chi connectivity index (χ2n) is 25.5. The highest BCUT2D eigenvalue weighted by Gasteiger charge is 2.58. The molecule has 8 aliphatic rings. The first kappa shape index (κ1) is 74.5. The van der Waals surface area contributed by atoms with Gasteiger partial charge in [0.1, 0.15) is 146 Å². The van der Waals surface area contributed by atoms with Crippen LogP contribution in [0, 0.1) is 0 Å². The number of aromatic nitrogens is 6. The summed E-state index contributed by atoms with van der Waals surface area (Å²) >= 11 is 0. The zero-order valence-corrected chi connectivity index (χ0v) is 51.5. The van der Waals surface area contributed by atoms with Gasteiger partial charge in [-0.05, 0) is 12.8 Å². The predicted molar refractivity (Wildman–Crippen MR) is 311 cm³/mol. The van der Waals surface area contributed by atoms with Crippen LogP contribution in [0.2, 0.25) is 0 Å². The maximum Gasteiger partial charge on any atom is 0.187 e. The third kappa shape index (κ3) is 15.8. The molecule has 2 saturated carbocycles. The number of hydrogen-bond acceptors (Lipinski definition) is 41. The van der Waals surface area contributed by atoms with Crippen LogP contribution >= 0.6 is 0 Å². The summed E-state index contributed by atoms with van der Waals surface area (Å²) in [5, 5.41) is 149. The Morgan fingerprint density at radius 2 is 0.611 bits per heavy atom. The monoisotopic (exact) mass is 1370 g/mol. The van der Waals surface area contributed by atoms with E-state index in [-0.39, 0.29) is 76.7 Å². The quantitative estimate of drug-likeness (QED) is 0.0464. The van der Waals surface area contributed by atoms with Crippen molar-refractivity contribution in [1.82, 2.24) is 30.0 Å². The summed E-state index contributed by atoms with van der Waals surface area (Å²) < 4.78 is 82.0. The van der Waals surface area contributed by atoms with Gasteiger partial charge in [0.2, 0.25) is 0 Å². The van der Waals surface area contributed by atoms with Crippen molar-refractivity contribution in [2.45, 2.75) is 272 Å². The first-order chi connectivity index (χ1) is 45.2. The molecule has 2 aromatic heterocycles. The number of rotatable bonds is 24. The second-order valence-corrected chi connectivity index (χ2v) is 25.5.